The molecule has 0 saturated heterocycles. The molecule has 3 heteroatoms. The second-order valence-electron chi connectivity index (χ2n) is 3.94. The molecule has 1 aliphatic carbocycles. The largest absolute Gasteiger partial charge is 0.353 e. The zero-order valence-corrected chi connectivity index (χ0v) is 8.60. The van der Waals surface area contributed by atoms with Crippen LogP contribution >= 0.6 is 0 Å². The van der Waals surface area contributed by atoms with E-state index in [4.69, 9.17) is 0 Å². The molecule has 76 valence electrons. The minimum atomic E-state index is 0.192. The third kappa shape index (κ3) is 3.77. The fourth-order valence-electron chi connectivity index (χ4n) is 1.70. The fraction of sp³-hybridized carbons (Fsp3) is 0.900. The quantitative estimate of drug-likeness (QED) is 0.623. The average molecular weight is 184 g/mol. The number of amides is 1. The summed E-state index contributed by atoms with van der Waals surface area (Å²) in [5.41, 5.74) is 0. The summed E-state index contributed by atoms with van der Waals surface area (Å²) in [6.45, 7) is 6.01. The summed E-state index contributed by atoms with van der Waals surface area (Å²) in [4.78, 5) is 11.3. The highest BCUT2D eigenvalue weighted by Crippen LogP contribution is 2.26. The molecule has 0 unspecified atom stereocenters. The molecular weight excluding hydrogens is 164 g/mol. The fourth-order valence-corrected chi connectivity index (χ4v) is 1.70. The maximum atomic E-state index is 11.3. The lowest BCUT2D eigenvalue weighted by Crippen LogP contribution is -2.44. The molecule has 2 N–H and O–H groups in total. The van der Waals surface area contributed by atoms with E-state index in [1.54, 1.807) is 0 Å². The van der Waals surface area contributed by atoms with Crippen molar-refractivity contribution in [2.75, 3.05) is 13.1 Å². The molecule has 0 atom stereocenters. The molecule has 0 aromatic carbocycles. The van der Waals surface area contributed by atoms with E-state index in [9.17, 15) is 4.79 Å². The first-order chi connectivity index (χ1) is 6.22. The van der Waals surface area contributed by atoms with Gasteiger partial charge in [0, 0.05) is 19.0 Å². The lowest BCUT2D eigenvalue weighted by Gasteiger charge is -2.33. The van der Waals surface area contributed by atoms with Crippen LogP contribution in [0, 0.1) is 5.92 Å². The van der Waals surface area contributed by atoms with Gasteiger partial charge in [0.15, 0.2) is 0 Å². The number of rotatable bonds is 5. The van der Waals surface area contributed by atoms with E-state index < -0.39 is 0 Å². The molecule has 1 saturated carbocycles. The van der Waals surface area contributed by atoms with Crippen LogP contribution in [0.1, 0.15) is 33.1 Å². The number of carbonyl (C=O) groups excluding carboxylic acids is 1. The van der Waals surface area contributed by atoms with Gasteiger partial charge in [-0.15, -0.1) is 0 Å². The van der Waals surface area contributed by atoms with Gasteiger partial charge in [-0.2, -0.15) is 0 Å². The molecule has 1 aliphatic rings. The van der Waals surface area contributed by atoms with Crippen LogP contribution in [0.3, 0.4) is 0 Å². The summed E-state index contributed by atoms with van der Waals surface area (Å²) in [5.74, 6) is 0.997. The highest BCUT2D eigenvalue weighted by molar-refractivity contribution is 5.76. The monoisotopic (exact) mass is 184 g/mol. The van der Waals surface area contributed by atoms with Crippen LogP contribution in [-0.2, 0) is 4.79 Å². The molecule has 0 spiro atoms. The third-order valence-electron chi connectivity index (χ3n) is 2.52. The Morgan fingerprint density at radius 2 is 2.15 bits per heavy atom. The van der Waals surface area contributed by atoms with Gasteiger partial charge < -0.3 is 10.6 Å². The summed E-state index contributed by atoms with van der Waals surface area (Å²) in [7, 11) is 0. The van der Waals surface area contributed by atoms with Crippen LogP contribution in [-0.4, -0.2) is 25.0 Å². The molecule has 0 aromatic rings. The summed E-state index contributed by atoms with van der Waals surface area (Å²) in [6, 6.07) is 0.462. The third-order valence-corrected chi connectivity index (χ3v) is 2.52. The number of hydrogen-bond donors (Lipinski definition) is 2. The minimum Gasteiger partial charge on any atom is -0.353 e. The van der Waals surface area contributed by atoms with Gasteiger partial charge in [0.2, 0.25) is 5.91 Å². The van der Waals surface area contributed by atoms with Crippen molar-refractivity contribution in [2.45, 2.75) is 39.2 Å². The van der Waals surface area contributed by atoms with Gasteiger partial charge in [-0.25, -0.2) is 0 Å². The van der Waals surface area contributed by atoms with E-state index in [-0.39, 0.29) is 5.91 Å². The van der Waals surface area contributed by atoms with Crippen molar-refractivity contribution in [1.82, 2.24) is 10.6 Å². The van der Waals surface area contributed by atoms with Gasteiger partial charge in [-0.05, 0) is 25.3 Å². The average Bonchev–Trinajstić information content (AvgIpc) is 2.02. The lowest BCUT2D eigenvalue weighted by molar-refractivity contribution is -0.122. The zero-order valence-electron chi connectivity index (χ0n) is 8.60. The first-order valence-electron chi connectivity index (χ1n) is 5.22. The second-order valence-corrected chi connectivity index (χ2v) is 3.94. The van der Waals surface area contributed by atoms with Gasteiger partial charge in [0.25, 0.3) is 0 Å². The molecule has 0 heterocycles. The van der Waals surface area contributed by atoms with Crippen LogP contribution in [0.25, 0.3) is 0 Å². The van der Waals surface area contributed by atoms with E-state index in [1.807, 2.05) is 6.92 Å². The van der Waals surface area contributed by atoms with Crippen molar-refractivity contribution >= 4 is 5.91 Å². The van der Waals surface area contributed by atoms with Crippen molar-refractivity contribution in [3.63, 3.8) is 0 Å². The van der Waals surface area contributed by atoms with Crippen molar-refractivity contribution in [2.24, 2.45) is 5.92 Å². The smallest absolute Gasteiger partial charge is 0.221 e. The predicted molar refractivity (Wildman–Crippen MR) is 53.5 cm³/mol. The van der Waals surface area contributed by atoms with Gasteiger partial charge in [-0.3, -0.25) is 4.79 Å². The Hall–Kier alpha value is -0.570. The van der Waals surface area contributed by atoms with E-state index in [0.717, 1.165) is 31.8 Å². The Bertz CT molecular complexity index is 164. The van der Waals surface area contributed by atoms with Crippen molar-refractivity contribution in [3.05, 3.63) is 0 Å². The van der Waals surface area contributed by atoms with Gasteiger partial charge in [-0.1, -0.05) is 13.8 Å². The maximum Gasteiger partial charge on any atom is 0.221 e. The van der Waals surface area contributed by atoms with Crippen molar-refractivity contribution < 1.29 is 4.79 Å². The van der Waals surface area contributed by atoms with Crippen LogP contribution in [0.15, 0.2) is 0 Å². The van der Waals surface area contributed by atoms with Crippen LogP contribution in [0.5, 0.6) is 0 Å². The highest BCUT2D eigenvalue weighted by Gasteiger charge is 2.26. The molecule has 0 aromatic heterocycles. The highest BCUT2D eigenvalue weighted by atomic mass is 16.1. The first-order valence-corrected chi connectivity index (χ1v) is 5.22. The molecule has 0 radical (unpaired) electrons. The standard InChI is InChI=1S/C10H20N2O/c1-3-11-5-4-10(13)12-9-6-8(2)7-9/h8-9,11H,3-7H2,1-2H3,(H,12,13). The molecule has 0 bridgehead atoms. The van der Waals surface area contributed by atoms with Gasteiger partial charge in [0.1, 0.15) is 0 Å². The topological polar surface area (TPSA) is 41.1 Å². The van der Waals surface area contributed by atoms with Crippen molar-refractivity contribution in [1.29, 1.82) is 0 Å². The van der Waals surface area contributed by atoms with Crippen LogP contribution < -0.4 is 10.6 Å². The van der Waals surface area contributed by atoms with Gasteiger partial charge >= 0.3 is 0 Å². The summed E-state index contributed by atoms with van der Waals surface area (Å²) in [6.07, 6.45) is 2.93. The Morgan fingerprint density at radius 1 is 1.46 bits per heavy atom. The van der Waals surface area contributed by atoms with E-state index in [0.29, 0.717) is 12.5 Å². The number of nitrogens with one attached hydrogen (secondary N) is 2. The van der Waals surface area contributed by atoms with E-state index in [1.165, 1.54) is 0 Å². The van der Waals surface area contributed by atoms with Crippen LogP contribution in [0.4, 0.5) is 0 Å². The Morgan fingerprint density at radius 3 is 2.69 bits per heavy atom. The summed E-state index contributed by atoms with van der Waals surface area (Å²) < 4.78 is 0. The summed E-state index contributed by atoms with van der Waals surface area (Å²) in [5, 5.41) is 6.16. The molecule has 3 nitrogen and oxygen atoms in total. The van der Waals surface area contributed by atoms with Gasteiger partial charge in [0.05, 0.1) is 0 Å². The molecule has 1 fully saturated rings. The number of carbonyl (C=O) groups is 1. The van der Waals surface area contributed by atoms with Crippen LogP contribution in [0.2, 0.25) is 0 Å². The predicted octanol–water partition coefficient (Wildman–Crippen LogP) is 0.901. The normalized spacial score (nSPS) is 26.6. The molecular formula is C10H20N2O. The van der Waals surface area contributed by atoms with E-state index in [2.05, 4.69) is 17.6 Å². The molecule has 1 rings (SSSR count). The second kappa shape index (κ2) is 5.22. The lowest BCUT2D eigenvalue weighted by atomic mass is 9.82. The van der Waals surface area contributed by atoms with Crippen molar-refractivity contribution in [3.8, 4) is 0 Å². The maximum absolute atomic E-state index is 11.3. The Kier molecular flexibility index (Phi) is 4.22. The van der Waals surface area contributed by atoms with E-state index >= 15 is 0 Å². The first kappa shape index (κ1) is 10.5. The molecule has 13 heavy (non-hydrogen) atoms. The summed E-state index contributed by atoms with van der Waals surface area (Å²) >= 11 is 0. The Labute approximate surface area is 80.3 Å². The minimum absolute atomic E-state index is 0.192. The SMILES string of the molecule is CCNCCC(=O)NC1CC(C)C1. The zero-order chi connectivity index (χ0) is 9.68. The molecule has 0 aliphatic heterocycles. The number of hydrogen-bond acceptors (Lipinski definition) is 2. The Balaban J connectivity index is 1.98. The molecule has 1 amide bonds.